The molecule has 0 aromatic heterocycles. The zero-order chi connectivity index (χ0) is 17.2. The summed E-state index contributed by atoms with van der Waals surface area (Å²) in [5.74, 6) is 2.18. The number of ether oxygens (including phenoxy) is 2. The minimum Gasteiger partial charge on any atom is -0.493 e. The van der Waals surface area contributed by atoms with Crippen LogP contribution in [0, 0.1) is 0 Å². The Kier molecular flexibility index (Phi) is 8.29. The van der Waals surface area contributed by atoms with E-state index in [4.69, 9.17) is 9.47 Å². The number of rotatable bonds is 9. The van der Waals surface area contributed by atoms with Gasteiger partial charge in [0.25, 0.3) is 5.91 Å². The number of carbonyl (C=O) groups excluding carboxylic acids is 1. The van der Waals surface area contributed by atoms with E-state index in [1.165, 1.54) is 32.1 Å². The maximum Gasteiger partial charge on any atom is 0.261 e. The second-order valence-corrected chi connectivity index (χ2v) is 7.50. The van der Waals surface area contributed by atoms with Crippen LogP contribution in [0.15, 0.2) is 24.3 Å². The van der Waals surface area contributed by atoms with Crippen LogP contribution in [0.5, 0.6) is 11.5 Å². The summed E-state index contributed by atoms with van der Waals surface area (Å²) in [6.07, 6.45) is 6.89. The van der Waals surface area contributed by atoms with Crippen molar-refractivity contribution < 1.29 is 14.3 Å². The zero-order valence-electron chi connectivity index (χ0n) is 14.8. The molecule has 1 saturated carbocycles. The van der Waals surface area contributed by atoms with Gasteiger partial charge in [-0.05, 0) is 31.4 Å². The SMILES string of the molecule is CC[C@@H](Oc1ccccc1OC)C(=O)NCCSC1CCCCC1. The molecule has 5 heteroatoms. The number of hydrogen-bond donors (Lipinski definition) is 1. The molecule has 0 spiro atoms. The highest BCUT2D eigenvalue weighted by Gasteiger charge is 2.20. The van der Waals surface area contributed by atoms with Gasteiger partial charge in [0.1, 0.15) is 0 Å². The van der Waals surface area contributed by atoms with E-state index in [2.05, 4.69) is 5.32 Å². The molecule has 0 bridgehead atoms. The predicted molar refractivity (Wildman–Crippen MR) is 100 cm³/mol. The van der Waals surface area contributed by atoms with E-state index in [0.29, 0.717) is 24.5 Å². The molecule has 0 heterocycles. The molecule has 1 amide bonds. The van der Waals surface area contributed by atoms with E-state index in [0.717, 1.165) is 11.0 Å². The number of para-hydroxylation sites is 2. The van der Waals surface area contributed by atoms with Crippen LogP contribution in [0.3, 0.4) is 0 Å². The highest BCUT2D eigenvalue weighted by molar-refractivity contribution is 7.99. The first-order valence-corrected chi connectivity index (χ1v) is 9.98. The van der Waals surface area contributed by atoms with Gasteiger partial charge >= 0.3 is 0 Å². The van der Waals surface area contributed by atoms with Gasteiger partial charge in [-0.2, -0.15) is 11.8 Å². The minimum atomic E-state index is -0.485. The first-order valence-electron chi connectivity index (χ1n) is 8.93. The molecule has 4 nitrogen and oxygen atoms in total. The van der Waals surface area contributed by atoms with Gasteiger partial charge in [0.15, 0.2) is 17.6 Å². The highest BCUT2D eigenvalue weighted by Crippen LogP contribution is 2.28. The lowest BCUT2D eigenvalue weighted by molar-refractivity contribution is -0.128. The van der Waals surface area contributed by atoms with Gasteiger partial charge in [-0.15, -0.1) is 0 Å². The van der Waals surface area contributed by atoms with E-state index in [1.54, 1.807) is 7.11 Å². The Balaban J connectivity index is 1.74. The molecule has 0 saturated heterocycles. The fraction of sp³-hybridized carbons (Fsp3) is 0.632. The standard InChI is InChI=1S/C19H29NO3S/c1-3-16(23-18-12-8-7-11-17(18)22-2)19(21)20-13-14-24-15-9-5-4-6-10-15/h7-8,11-12,15-16H,3-6,9-10,13-14H2,1-2H3,(H,20,21)/t16-/m1/s1. The van der Waals surface area contributed by atoms with Crippen molar-refractivity contribution in [2.45, 2.75) is 56.8 Å². The Morgan fingerprint density at radius 1 is 1.25 bits per heavy atom. The summed E-state index contributed by atoms with van der Waals surface area (Å²) in [5.41, 5.74) is 0. The number of benzene rings is 1. The summed E-state index contributed by atoms with van der Waals surface area (Å²) in [6, 6.07) is 7.42. The number of nitrogens with one attached hydrogen (secondary N) is 1. The van der Waals surface area contributed by atoms with Crippen LogP contribution in [-0.2, 0) is 4.79 Å². The highest BCUT2D eigenvalue weighted by atomic mass is 32.2. The molecule has 0 unspecified atom stereocenters. The molecule has 1 N–H and O–H groups in total. The Morgan fingerprint density at radius 3 is 2.62 bits per heavy atom. The first-order chi connectivity index (χ1) is 11.7. The Morgan fingerprint density at radius 2 is 1.96 bits per heavy atom. The van der Waals surface area contributed by atoms with Crippen LogP contribution in [-0.4, -0.2) is 36.7 Å². The Labute approximate surface area is 149 Å². The molecule has 134 valence electrons. The summed E-state index contributed by atoms with van der Waals surface area (Å²) < 4.78 is 11.1. The van der Waals surface area contributed by atoms with E-state index < -0.39 is 6.10 Å². The van der Waals surface area contributed by atoms with Crippen molar-refractivity contribution >= 4 is 17.7 Å². The lowest BCUT2D eigenvalue weighted by atomic mass is 10.0. The number of amides is 1. The van der Waals surface area contributed by atoms with Crippen molar-refractivity contribution in [2.75, 3.05) is 19.4 Å². The molecule has 24 heavy (non-hydrogen) atoms. The zero-order valence-corrected chi connectivity index (χ0v) is 15.6. The quantitative estimate of drug-likeness (QED) is 0.682. The third-order valence-corrected chi connectivity index (χ3v) is 5.69. The van der Waals surface area contributed by atoms with Gasteiger partial charge in [-0.3, -0.25) is 4.79 Å². The smallest absolute Gasteiger partial charge is 0.261 e. The molecule has 1 aromatic rings. The molecular weight excluding hydrogens is 322 g/mol. The van der Waals surface area contributed by atoms with E-state index >= 15 is 0 Å². The number of thioether (sulfide) groups is 1. The van der Waals surface area contributed by atoms with Crippen LogP contribution in [0.4, 0.5) is 0 Å². The lowest BCUT2D eigenvalue weighted by Crippen LogP contribution is -2.39. The van der Waals surface area contributed by atoms with Crippen molar-refractivity contribution in [2.24, 2.45) is 0 Å². The largest absolute Gasteiger partial charge is 0.493 e. The number of methoxy groups -OCH3 is 1. The maximum atomic E-state index is 12.3. The summed E-state index contributed by atoms with van der Waals surface area (Å²) in [7, 11) is 1.60. The Bertz CT molecular complexity index is 503. The van der Waals surface area contributed by atoms with E-state index in [-0.39, 0.29) is 5.91 Å². The molecule has 1 fully saturated rings. The van der Waals surface area contributed by atoms with Crippen LogP contribution >= 0.6 is 11.8 Å². The average Bonchev–Trinajstić information content (AvgIpc) is 2.64. The first kappa shape index (κ1) is 19.0. The average molecular weight is 352 g/mol. The van der Waals surface area contributed by atoms with Crippen LogP contribution in [0.2, 0.25) is 0 Å². The molecule has 1 aliphatic carbocycles. The lowest BCUT2D eigenvalue weighted by Gasteiger charge is -2.21. The van der Waals surface area contributed by atoms with Crippen LogP contribution in [0.1, 0.15) is 45.4 Å². The topological polar surface area (TPSA) is 47.6 Å². The van der Waals surface area contributed by atoms with Crippen molar-refractivity contribution in [1.82, 2.24) is 5.32 Å². The Hall–Kier alpha value is -1.36. The molecule has 2 rings (SSSR count). The molecule has 1 atom stereocenters. The minimum absolute atomic E-state index is 0.0485. The fourth-order valence-corrected chi connectivity index (χ4v) is 4.16. The summed E-state index contributed by atoms with van der Waals surface area (Å²) in [5, 5.41) is 3.79. The summed E-state index contributed by atoms with van der Waals surface area (Å²) >= 11 is 1.99. The normalized spacial score (nSPS) is 16.4. The van der Waals surface area contributed by atoms with Crippen molar-refractivity contribution in [3.05, 3.63) is 24.3 Å². The second kappa shape index (κ2) is 10.5. The number of hydrogen-bond acceptors (Lipinski definition) is 4. The fourth-order valence-electron chi connectivity index (χ4n) is 2.94. The van der Waals surface area contributed by atoms with Crippen molar-refractivity contribution in [1.29, 1.82) is 0 Å². The molecule has 1 aliphatic rings. The summed E-state index contributed by atoms with van der Waals surface area (Å²) in [4.78, 5) is 12.3. The monoisotopic (exact) mass is 351 g/mol. The van der Waals surface area contributed by atoms with Gasteiger partial charge < -0.3 is 14.8 Å². The van der Waals surface area contributed by atoms with E-state index in [1.807, 2.05) is 43.0 Å². The van der Waals surface area contributed by atoms with Crippen LogP contribution in [0.25, 0.3) is 0 Å². The van der Waals surface area contributed by atoms with Gasteiger partial charge in [-0.25, -0.2) is 0 Å². The van der Waals surface area contributed by atoms with Gasteiger partial charge in [0.05, 0.1) is 7.11 Å². The van der Waals surface area contributed by atoms with Crippen molar-refractivity contribution in [3.63, 3.8) is 0 Å². The third kappa shape index (κ3) is 5.93. The van der Waals surface area contributed by atoms with Crippen LogP contribution < -0.4 is 14.8 Å². The molecule has 1 aromatic carbocycles. The molecule has 0 radical (unpaired) electrons. The molecule has 0 aliphatic heterocycles. The van der Waals surface area contributed by atoms with Gasteiger partial charge in [0, 0.05) is 17.5 Å². The summed E-state index contributed by atoms with van der Waals surface area (Å²) in [6.45, 7) is 2.65. The predicted octanol–water partition coefficient (Wildman–Crippen LogP) is 4.03. The second-order valence-electron chi connectivity index (χ2n) is 6.09. The molecular formula is C19H29NO3S. The third-order valence-electron chi connectivity index (χ3n) is 4.31. The van der Waals surface area contributed by atoms with E-state index in [9.17, 15) is 4.79 Å². The number of carbonyl (C=O) groups is 1. The van der Waals surface area contributed by atoms with Gasteiger partial charge in [-0.1, -0.05) is 38.3 Å². The van der Waals surface area contributed by atoms with Crippen molar-refractivity contribution in [3.8, 4) is 11.5 Å². The maximum absolute atomic E-state index is 12.3. The van der Waals surface area contributed by atoms with Gasteiger partial charge in [0.2, 0.25) is 0 Å².